The molecule has 27 heavy (non-hydrogen) atoms. The van der Waals surface area contributed by atoms with Gasteiger partial charge in [0.15, 0.2) is 0 Å². The zero-order valence-electron chi connectivity index (χ0n) is 18.6. The first-order valence-corrected chi connectivity index (χ1v) is 13.5. The van der Waals surface area contributed by atoms with Crippen LogP contribution in [0.15, 0.2) is 0 Å². The molecule has 1 nitrogen and oxygen atoms in total. The standard InChI is InChI=1S/C25H45OP/c1-5-26-27-17-14-18(2)21-11-12-22-20-10-9-19-8-6-7-15-24(19,3)23(20)13-16-25(21,22)4/h18-23,27H,5-17H2,1-4H3. The molecule has 4 rings (SSSR count). The second-order valence-corrected chi connectivity index (χ2v) is 12.3. The van der Waals surface area contributed by atoms with E-state index in [1.54, 1.807) is 38.5 Å². The highest BCUT2D eigenvalue weighted by atomic mass is 31.1. The Labute approximate surface area is 171 Å². The summed E-state index contributed by atoms with van der Waals surface area (Å²) in [5, 5.41) is 0. The minimum atomic E-state index is 0.646. The van der Waals surface area contributed by atoms with Crippen LogP contribution in [-0.2, 0) is 4.52 Å². The second-order valence-electron chi connectivity index (χ2n) is 11.2. The van der Waals surface area contributed by atoms with E-state index in [1.165, 1.54) is 38.3 Å². The molecule has 4 saturated carbocycles. The Morgan fingerprint density at radius 2 is 1.74 bits per heavy atom. The summed E-state index contributed by atoms with van der Waals surface area (Å²) in [6.45, 7) is 11.0. The van der Waals surface area contributed by atoms with E-state index in [9.17, 15) is 0 Å². The van der Waals surface area contributed by atoms with Gasteiger partial charge in [0.2, 0.25) is 0 Å². The van der Waals surface area contributed by atoms with Crippen molar-refractivity contribution in [3.05, 3.63) is 0 Å². The Bertz CT molecular complexity index is 507. The van der Waals surface area contributed by atoms with Gasteiger partial charge in [-0.1, -0.05) is 33.6 Å². The van der Waals surface area contributed by atoms with Crippen LogP contribution in [0.5, 0.6) is 0 Å². The summed E-state index contributed by atoms with van der Waals surface area (Å²) in [6.07, 6.45) is 18.1. The third-order valence-electron chi connectivity index (χ3n) is 10.3. The molecule has 0 bridgehead atoms. The maximum atomic E-state index is 5.64. The number of fused-ring (bicyclic) bond motifs is 5. The van der Waals surface area contributed by atoms with Crippen molar-refractivity contribution in [1.82, 2.24) is 0 Å². The molecule has 0 radical (unpaired) electrons. The molecule has 0 aromatic heterocycles. The van der Waals surface area contributed by atoms with Gasteiger partial charge < -0.3 is 4.52 Å². The minimum Gasteiger partial charge on any atom is -0.363 e. The summed E-state index contributed by atoms with van der Waals surface area (Å²) >= 11 is 0. The van der Waals surface area contributed by atoms with Gasteiger partial charge in [0.1, 0.15) is 0 Å². The van der Waals surface area contributed by atoms with Gasteiger partial charge in [-0.25, -0.2) is 0 Å². The van der Waals surface area contributed by atoms with Crippen molar-refractivity contribution in [2.75, 3.05) is 12.8 Å². The van der Waals surface area contributed by atoms with Gasteiger partial charge in [0.25, 0.3) is 0 Å². The first-order chi connectivity index (χ1) is 13.0. The number of rotatable bonds is 6. The molecule has 0 aromatic rings. The van der Waals surface area contributed by atoms with Crippen LogP contribution in [0.3, 0.4) is 0 Å². The van der Waals surface area contributed by atoms with Crippen LogP contribution in [-0.4, -0.2) is 12.8 Å². The SMILES string of the molecule is CCOPCCC(C)C1CCC2C3CCC4CCCCC4(C)C3CCC12C. The Hall–Kier alpha value is 0.390. The molecule has 0 N–H and O–H groups in total. The highest BCUT2D eigenvalue weighted by molar-refractivity contribution is 7.32. The van der Waals surface area contributed by atoms with Crippen LogP contribution in [0.2, 0.25) is 0 Å². The normalized spacial score (nSPS) is 48.2. The maximum absolute atomic E-state index is 5.64. The Kier molecular flexibility index (Phi) is 6.32. The van der Waals surface area contributed by atoms with Crippen molar-refractivity contribution in [3.8, 4) is 0 Å². The van der Waals surface area contributed by atoms with Crippen molar-refractivity contribution in [3.63, 3.8) is 0 Å². The fourth-order valence-electron chi connectivity index (χ4n) is 8.93. The van der Waals surface area contributed by atoms with Gasteiger partial charge in [-0.05, 0) is 117 Å². The lowest BCUT2D eigenvalue weighted by Crippen LogP contribution is -2.53. The average molecular weight is 393 g/mol. The second kappa shape index (κ2) is 8.26. The molecular formula is C25H45OP. The van der Waals surface area contributed by atoms with Gasteiger partial charge in [-0.15, -0.1) is 0 Å². The van der Waals surface area contributed by atoms with E-state index >= 15 is 0 Å². The summed E-state index contributed by atoms with van der Waals surface area (Å²) in [5.74, 6) is 6.09. The van der Waals surface area contributed by atoms with E-state index in [0.29, 0.717) is 10.8 Å². The lowest BCUT2D eigenvalue weighted by molar-refractivity contribution is -0.114. The molecule has 156 valence electrons. The van der Waals surface area contributed by atoms with Crippen molar-refractivity contribution < 1.29 is 4.52 Å². The van der Waals surface area contributed by atoms with Crippen LogP contribution in [0.1, 0.15) is 98.3 Å². The van der Waals surface area contributed by atoms with Crippen LogP contribution < -0.4 is 0 Å². The van der Waals surface area contributed by atoms with Crippen molar-refractivity contribution >= 4 is 8.81 Å². The highest BCUT2D eigenvalue weighted by Gasteiger charge is 2.59. The van der Waals surface area contributed by atoms with Gasteiger partial charge >= 0.3 is 0 Å². The Morgan fingerprint density at radius 3 is 2.56 bits per heavy atom. The van der Waals surface area contributed by atoms with E-state index in [4.69, 9.17) is 4.52 Å². The quantitative estimate of drug-likeness (QED) is 0.332. The molecule has 0 spiro atoms. The number of hydrogen-bond donors (Lipinski definition) is 0. The van der Waals surface area contributed by atoms with Crippen LogP contribution >= 0.6 is 8.81 Å². The zero-order chi connectivity index (χ0) is 19.1. The lowest BCUT2D eigenvalue weighted by atomic mass is 9.44. The molecular weight excluding hydrogens is 347 g/mol. The topological polar surface area (TPSA) is 9.23 Å². The van der Waals surface area contributed by atoms with E-state index in [2.05, 4.69) is 27.7 Å². The molecule has 0 saturated heterocycles. The third kappa shape index (κ3) is 3.56. The van der Waals surface area contributed by atoms with Crippen LogP contribution in [0, 0.1) is 46.3 Å². The zero-order valence-corrected chi connectivity index (χ0v) is 19.6. The predicted octanol–water partition coefficient (Wildman–Crippen LogP) is 7.69. The number of hydrogen-bond acceptors (Lipinski definition) is 1. The first-order valence-electron chi connectivity index (χ1n) is 12.4. The van der Waals surface area contributed by atoms with Crippen molar-refractivity contribution in [2.24, 2.45) is 46.3 Å². The Morgan fingerprint density at radius 1 is 0.926 bits per heavy atom. The van der Waals surface area contributed by atoms with Crippen LogP contribution in [0.4, 0.5) is 0 Å². The van der Waals surface area contributed by atoms with Crippen LogP contribution in [0.25, 0.3) is 0 Å². The van der Waals surface area contributed by atoms with Gasteiger partial charge in [0.05, 0.1) is 0 Å². The van der Waals surface area contributed by atoms with E-state index in [1.807, 2.05) is 0 Å². The Balaban J connectivity index is 1.45. The molecule has 0 heterocycles. The summed E-state index contributed by atoms with van der Waals surface area (Å²) in [6, 6.07) is 0. The van der Waals surface area contributed by atoms with E-state index < -0.39 is 0 Å². The average Bonchev–Trinajstić information content (AvgIpc) is 3.02. The van der Waals surface area contributed by atoms with E-state index in [-0.39, 0.29) is 0 Å². The monoisotopic (exact) mass is 392 g/mol. The molecule has 0 aromatic carbocycles. The molecule has 4 fully saturated rings. The fraction of sp³-hybridized carbons (Fsp3) is 1.00. The third-order valence-corrected chi connectivity index (χ3v) is 11.3. The molecule has 4 aliphatic rings. The molecule has 0 amide bonds. The fourth-order valence-corrected chi connectivity index (χ4v) is 9.85. The minimum absolute atomic E-state index is 0.646. The molecule has 9 unspecified atom stereocenters. The predicted molar refractivity (Wildman–Crippen MR) is 118 cm³/mol. The van der Waals surface area contributed by atoms with Gasteiger partial charge in [-0.2, -0.15) is 0 Å². The smallest absolute Gasteiger partial charge is 0.0477 e. The van der Waals surface area contributed by atoms with Crippen molar-refractivity contribution in [1.29, 1.82) is 0 Å². The summed E-state index contributed by atoms with van der Waals surface area (Å²) in [4.78, 5) is 0. The van der Waals surface area contributed by atoms with Crippen molar-refractivity contribution in [2.45, 2.75) is 98.3 Å². The molecule has 0 aliphatic heterocycles. The lowest BCUT2D eigenvalue weighted by Gasteiger charge is -2.61. The molecule has 2 heteroatoms. The maximum Gasteiger partial charge on any atom is 0.0477 e. The van der Waals surface area contributed by atoms with E-state index in [0.717, 1.165) is 50.9 Å². The molecule has 4 aliphatic carbocycles. The summed E-state index contributed by atoms with van der Waals surface area (Å²) < 4.78 is 5.64. The summed E-state index contributed by atoms with van der Waals surface area (Å²) in [7, 11) is 0.728. The largest absolute Gasteiger partial charge is 0.363 e. The highest BCUT2D eigenvalue weighted by Crippen LogP contribution is 2.68. The molecule has 9 atom stereocenters. The first kappa shape index (κ1) is 20.7. The van der Waals surface area contributed by atoms with Gasteiger partial charge in [0, 0.05) is 15.4 Å². The van der Waals surface area contributed by atoms with Gasteiger partial charge in [-0.3, -0.25) is 0 Å². The summed E-state index contributed by atoms with van der Waals surface area (Å²) in [5.41, 5.74) is 1.35.